The van der Waals surface area contributed by atoms with E-state index in [4.69, 9.17) is 4.74 Å². The number of aliphatic hydroxyl groups is 1. The highest BCUT2D eigenvalue weighted by Gasteiger charge is 2.24. The Balaban J connectivity index is 1.76. The molecular weight excluding hydrogens is 288 g/mol. The lowest BCUT2D eigenvalue weighted by molar-refractivity contribution is 0.0112. The van der Waals surface area contributed by atoms with E-state index in [1.165, 1.54) is 0 Å². The number of nitrogens with zero attached hydrogens (tertiary/aromatic N) is 2. The van der Waals surface area contributed by atoms with E-state index < -0.39 is 6.10 Å². The first-order chi connectivity index (χ1) is 10.1. The van der Waals surface area contributed by atoms with Gasteiger partial charge in [0.25, 0.3) is 5.91 Å². The molecule has 0 spiro atoms. The van der Waals surface area contributed by atoms with E-state index in [1.807, 2.05) is 30.9 Å². The van der Waals surface area contributed by atoms with E-state index in [1.54, 1.807) is 11.3 Å². The Morgan fingerprint density at radius 3 is 2.67 bits per heavy atom. The number of ether oxygens (including phenoxy) is 1. The first-order valence-corrected chi connectivity index (χ1v) is 8.25. The molecule has 0 radical (unpaired) electrons. The Hall–Kier alpha value is -0.950. The van der Waals surface area contributed by atoms with Crippen LogP contribution in [0.1, 0.15) is 21.5 Å². The second-order valence-corrected chi connectivity index (χ2v) is 6.60. The van der Waals surface area contributed by atoms with Gasteiger partial charge in [-0.25, -0.2) is 0 Å². The molecule has 0 aliphatic carbocycles. The normalized spacial score (nSPS) is 18.0. The Labute approximate surface area is 130 Å². The van der Waals surface area contributed by atoms with E-state index in [-0.39, 0.29) is 5.91 Å². The van der Waals surface area contributed by atoms with Crippen molar-refractivity contribution in [2.45, 2.75) is 20.0 Å². The zero-order valence-electron chi connectivity index (χ0n) is 12.7. The molecule has 1 fully saturated rings. The number of carbonyl (C=O) groups excluding carboxylic acids is 1. The van der Waals surface area contributed by atoms with Crippen molar-refractivity contribution in [1.29, 1.82) is 0 Å². The summed E-state index contributed by atoms with van der Waals surface area (Å²) in [4.78, 5) is 18.4. The second-order valence-electron chi connectivity index (χ2n) is 5.32. The van der Waals surface area contributed by atoms with Gasteiger partial charge in [-0.15, -0.1) is 11.3 Å². The fourth-order valence-corrected chi connectivity index (χ4v) is 3.28. The van der Waals surface area contributed by atoms with Crippen LogP contribution in [0.5, 0.6) is 0 Å². The summed E-state index contributed by atoms with van der Waals surface area (Å²) in [5, 5.41) is 9.84. The molecule has 1 saturated heterocycles. The van der Waals surface area contributed by atoms with Crippen LogP contribution < -0.4 is 0 Å². The van der Waals surface area contributed by atoms with Crippen molar-refractivity contribution in [3.8, 4) is 0 Å². The van der Waals surface area contributed by atoms with Gasteiger partial charge in [0.2, 0.25) is 0 Å². The first-order valence-electron chi connectivity index (χ1n) is 7.44. The van der Waals surface area contributed by atoms with Gasteiger partial charge in [-0.05, 0) is 26.0 Å². The molecule has 21 heavy (non-hydrogen) atoms. The lowest BCUT2D eigenvalue weighted by Crippen LogP contribution is -2.50. The summed E-state index contributed by atoms with van der Waals surface area (Å²) >= 11 is 1.55. The van der Waals surface area contributed by atoms with Crippen molar-refractivity contribution in [2.24, 2.45) is 0 Å². The lowest BCUT2D eigenvalue weighted by atomic mass is 10.2. The minimum atomic E-state index is -0.452. The lowest BCUT2D eigenvalue weighted by Gasteiger charge is -2.35. The second kappa shape index (κ2) is 7.89. The number of rotatable bonds is 6. The SMILES string of the molecule is CCOCC(O)CN1CCN(C(=O)c2ccc(C)s2)CC1. The van der Waals surface area contributed by atoms with Crippen LogP contribution in [0.4, 0.5) is 0 Å². The van der Waals surface area contributed by atoms with E-state index in [9.17, 15) is 9.90 Å². The van der Waals surface area contributed by atoms with Crippen molar-refractivity contribution < 1.29 is 14.6 Å². The van der Waals surface area contributed by atoms with Crippen molar-refractivity contribution >= 4 is 17.2 Å². The number of hydrogen-bond acceptors (Lipinski definition) is 5. The van der Waals surface area contributed by atoms with Crippen molar-refractivity contribution in [1.82, 2.24) is 9.80 Å². The molecule has 118 valence electrons. The fourth-order valence-electron chi connectivity index (χ4n) is 2.44. The molecule has 1 atom stereocenters. The predicted molar refractivity (Wildman–Crippen MR) is 83.9 cm³/mol. The Bertz CT molecular complexity index is 456. The third kappa shape index (κ3) is 4.78. The average molecular weight is 312 g/mol. The Morgan fingerprint density at radius 1 is 1.38 bits per heavy atom. The molecule has 6 heteroatoms. The van der Waals surface area contributed by atoms with Gasteiger partial charge in [0, 0.05) is 44.2 Å². The van der Waals surface area contributed by atoms with Crippen LogP contribution in [0.2, 0.25) is 0 Å². The maximum Gasteiger partial charge on any atom is 0.264 e. The van der Waals surface area contributed by atoms with Gasteiger partial charge in [-0.2, -0.15) is 0 Å². The zero-order chi connectivity index (χ0) is 15.2. The fraction of sp³-hybridized carbons (Fsp3) is 0.667. The van der Waals surface area contributed by atoms with E-state index >= 15 is 0 Å². The predicted octanol–water partition coefficient (Wildman–Crippen LogP) is 1.21. The van der Waals surface area contributed by atoms with Crippen LogP contribution >= 0.6 is 11.3 Å². The molecule has 1 N–H and O–H groups in total. The highest BCUT2D eigenvalue weighted by molar-refractivity contribution is 7.13. The number of hydrogen-bond donors (Lipinski definition) is 1. The van der Waals surface area contributed by atoms with Gasteiger partial charge in [0.15, 0.2) is 0 Å². The highest BCUT2D eigenvalue weighted by Crippen LogP contribution is 2.18. The van der Waals surface area contributed by atoms with E-state index in [2.05, 4.69) is 4.90 Å². The molecule has 1 aliphatic rings. The van der Waals surface area contributed by atoms with E-state index in [0.29, 0.717) is 19.8 Å². The molecule has 0 aromatic carbocycles. The van der Waals surface area contributed by atoms with Gasteiger partial charge in [0.1, 0.15) is 0 Å². The molecule has 1 aromatic rings. The van der Waals surface area contributed by atoms with Crippen molar-refractivity contribution in [3.63, 3.8) is 0 Å². The Kier molecular flexibility index (Phi) is 6.17. The summed E-state index contributed by atoms with van der Waals surface area (Å²) in [6.07, 6.45) is -0.452. The summed E-state index contributed by atoms with van der Waals surface area (Å²) < 4.78 is 5.22. The largest absolute Gasteiger partial charge is 0.389 e. The van der Waals surface area contributed by atoms with Crippen LogP contribution in [-0.4, -0.2) is 72.9 Å². The third-order valence-electron chi connectivity index (χ3n) is 3.59. The zero-order valence-corrected chi connectivity index (χ0v) is 13.6. The molecule has 5 nitrogen and oxygen atoms in total. The standard InChI is InChI=1S/C15H24N2O3S/c1-3-20-11-13(18)10-16-6-8-17(9-7-16)15(19)14-5-4-12(2)21-14/h4-5,13,18H,3,6-11H2,1-2H3. The minimum absolute atomic E-state index is 0.127. The average Bonchev–Trinajstić information content (AvgIpc) is 2.92. The molecule has 1 aliphatic heterocycles. The topological polar surface area (TPSA) is 53.0 Å². The number of thiophene rings is 1. The van der Waals surface area contributed by atoms with Crippen molar-refractivity contribution in [3.05, 3.63) is 21.9 Å². The van der Waals surface area contributed by atoms with Crippen LogP contribution in [0, 0.1) is 6.92 Å². The van der Waals surface area contributed by atoms with E-state index in [0.717, 1.165) is 35.9 Å². The number of β-amino-alcohol motifs (C(OH)–C–C–N with tert-alkyl or cyclic N) is 1. The van der Waals surface area contributed by atoms with Crippen LogP contribution in [-0.2, 0) is 4.74 Å². The number of carbonyl (C=O) groups is 1. The van der Waals surface area contributed by atoms with Gasteiger partial charge in [-0.3, -0.25) is 9.69 Å². The van der Waals surface area contributed by atoms with Crippen molar-refractivity contribution in [2.75, 3.05) is 45.9 Å². The molecular formula is C15H24N2O3S. The summed E-state index contributed by atoms with van der Waals surface area (Å²) in [6.45, 7) is 8.60. The van der Waals surface area contributed by atoms with Crippen LogP contribution in [0.25, 0.3) is 0 Å². The molecule has 1 aromatic heterocycles. The summed E-state index contributed by atoms with van der Waals surface area (Å²) in [7, 11) is 0. The van der Waals surface area contributed by atoms with Crippen LogP contribution in [0.3, 0.4) is 0 Å². The molecule has 2 rings (SSSR count). The Morgan fingerprint density at radius 2 is 2.10 bits per heavy atom. The number of piperazine rings is 1. The molecule has 1 amide bonds. The number of amides is 1. The maximum absolute atomic E-state index is 12.3. The quantitative estimate of drug-likeness (QED) is 0.858. The summed E-state index contributed by atoms with van der Waals surface area (Å²) in [5.74, 6) is 0.127. The summed E-state index contributed by atoms with van der Waals surface area (Å²) in [6, 6.07) is 3.89. The smallest absolute Gasteiger partial charge is 0.264 e. The molecule has 0 bridgehead atoms. The highest BCUT2D eigenvalue weighted by atomic mass is 32.1. The minimum Gasteiger partial charge on any atom is -0.389 e. The summed E-state index contributed by atoms with van der Waals surface area (Å²) in [5.41, 5.74) is 0. The molecule has 2 heterocycles. The maximum atomic E-state index is 12.3. The molecule has 0 saturated carbocycles. The van der Waals surface area contributed by atoms with Crippen LogP contribution in [0.15, 0.2) is 12.1 Å². The monoisotopic (exact) mass is 312 g/mol. The number of aryl methyl sites for hydroxylation is 1. The molecule has 1 unspecified atom stereocenters. The van der Waals surface area contributed by atoms with Gasteiger partial charge in [-0.1, -0.05) is 0 Å². The van der Waals surface area contributed by atoms with Gasteiger partial charge >= 0.3 is 0 Å². The number of aliphatic hydroxyl groups excluding tert-OH is 1. The first kappa shape index (κ1) is 16.4. The third-order valence-corrected chi connectivity index (χ3v) is 4.58. The van der Waals surface area contributed by atoms with Gasteiger partial charge < -0.3 is 14.7 Å². The van der Waals surface area contributed by atoms with Gasteiger partial charge in [0.05, 0.1) is 17.6 Å².